The van der Waals surface area contributed by atoms with Crippen LogP contribution in [-0.4, -0.2) is 51.2 Å². The number of hydrogen-bond donors (Lipinski definition) is 1. The lowest BCUT2D eigenvalue weighted by Gasteiger charge is -2.31. The maximum atomic E-state index is 8.97. The van der Waals surface area contributed by atoms with E-state index in [1.807, 2.05) is 10.9 Å². The first-order valence-corrected chi connectivity index (χ1v) is 9.11. The van der Waals surface area contributed by atoms with Gasteiger partial charge in [-0.25, -0.2) is 4.68 Å². The lowest BCUT2D eigenvalue weighted by atomic mass is 10.0. The fourth-order valence-electron chi connectivity index (χ4n) is 3.06. The van der Waals surface area contributed by atoms with Crippen LogP contribution in [0.5, 0.6) is 0 Å². The predicted octanol–water partition coefficient (Wildman–Crippen LogP) is 3.14. The molecular formula is C19H32N4O. The first-order valence-electron chi connectivity index (χ1n) is 9.11. The molecule has 0 amide bonds. The SMILES string of the molecule is CC(C)=CCCC(C)=CCN1CCC(n2cc(CCO)nn2)CC1. The molecule has 0 radical (unpaired) electrons. The number of allylic oxidation sites excluding steroid dienone is 3. The van der Waals surface area contributed by atoms with Crippen molar-refractivity contribution in [2.45, 2.75) is 58.9 Å². The van der Waals surface area contributed by atoms with E-state index < -0.39 is 0 Å². The highest BCUT2D eigenvalue weighted by atomic mass is 16.3. The Kier molecular flexibility index (Phi) is 7.66. The third-order valence-electron chi connectivity index (χ3n) is 4.65. The van der Waals surface area contributed by atoms with E-state index in [9.17, 15) is 0 Å². The molecule has 0 aliphatic carbocycles. The number of likely N-dealkylation sites (tertiary alicyclic amines) is 1. The van der Waals surface area contributed by atoms with Crippen molar-refractivity contribution in [1.29, 1.82) is 0 Å². The average molecular weight is 332 g/mol. The molecule has 0 aromatic carbocycles. The zero-order valence-electron chi connectivity index (χ0n) is 15.4. The van der Waals surface area contributed by atoms with Gasteiger partial charge in [0.1, 0.15) is 0 Å². The van der Waals surface area contributed by atoms with Gasteiger partial charge < -0.3 is 5.11 Å². The van der Waals surface area contributed by atoms with Gasteiger partial charge in [-0.3, -0.25) is 4.90 Å². The lowest BCUT2D eigenvalue weighted by Crippen LogP contribution is -2.35. The summed E-state index contributed by atoms with van der Waals surface area (Å²) in [5, 5.41) is 17.3. The van der Waals surface area contributed by atoms with Crippen LogP contribution in [0, 0.1) is 0 Å². The number of aromatic nitrogens is 3. The molecule has 5 heteroatoms. The van der Waals surface area contributed by atoms with Crippen molar-refractivity contribution in [1.82, 2.24) is 19.9 Å². The van der Waals surface area contributed by atoms with Crippen molar-refractivity contribution in [3.8, 4) is 0 Å². The maximum Gasteiger partial charge on any atom is 0.0850 e. The zero-order chi connectivity index (χ0) is 17.4. The molecule has 5 nitrogen and oxygen atoms in total. The highest BCUT2D eigenvalue weighted by molar-refractivity contribution is 5.03. The fraction of sp³-hybridized carbons (Fsp3) is 0.684. The molecule has 1 aromatic heterocycles. The highest BCUT2D eigenvalue weighted by Crippen LogP contribution is 2.22. The van der Waals surface area contributed by atoms with E-state index >= 15 is 0 Å². The van der Waals surface area contributed by atoms with Crippen molar-refractivity contribution < 1.29 is 5.11 Å². The van der Waals surface area contributed by atoms with E-state index in [1.54, 1.807) is 0 Å². The minimum atomic E-state index is 0.135. The molecule has 0 atom stereocenters. The van der Waals surface area contributed by atoms with Crippen molar-refractivity contribution in [3.05, 3.63) is 35.2 Å². The molecule has 0 unspecified atom stereocenters. The van der Waals surface area contributed by atoms with E-state index in [2.05, 4.69) is 48.1 Å². The number of aliphatic hydroxyl groups is 1. The second-order valence-corrected chi connectivity index (χ2v) is 7.07. The third-order valence-corrected chi connectivity index (χ3v) is 4.65. The summed E-state index contributed by atoms with van der Waals surface area (Å²) < 4.78 is 1.99. The normalized spacial score (nSPS) is 17.2. The first kappa shape index (κ1) is 18.9. The molecule has 1 aliphatic rings. The Bertz CT molecular complexity index is 549. The molecule has 1 aromatic rings. The average Bonchev–Trinajstić information content (AvgIpc) is 3.02. The maximum absolute atomic E-state index is 8.97. The first-order chi connectivity index (χ1) is 11.6. The van der Waals surface area contributed by atoms with Gasteiger partial charge in [-0.1, -0.05) is 28.5 Å². The van der Waals surface area contributed by atoms with Crippen molar-refractivity contribution in [3.63, 3.8) is 0 Å². The largest absolute Gasteiger partial charge is 0.396 e. The van der Waals surface area contributed by atoms with Crippen LogP contribution in [0.25, 0.3) is 0 Å². The number of aliphatic hydroxyl groups excluding tert-OH is 1. The van der Waals surface area contributed by atoms with E-state index in [1.165, 1.54) is 11.1 Å². The summed E-state index contributed by atoms with van der Waals surface area (Å²) in [6.07, 6.45) is 11.8. The van der Waals surface area contributed by atoms with E-state index in [0.29, 0.717) is 12.5 Å². The third kappa shape index (κ3) is 6.21. The Hall–Kier alpha value is -1.46. The molecule has 24 heavy (non-hydrogen) atoms. The van der Waals surface area contributed by atoms with Crippen LogP contribution in [-0.2, 0) is 6.42 Å². The Morgan fingerprint density at radius 1 is 1.25 bits per heavy atom. The molecule has 1 aliphatic heterocycles. The van der Waals surface area contributed by atoms with Crippen LogP contribution in [0.4, 0.5) is 0 Å². The summed E-state index contributed by atoms with van der Waals surface area (Å²) in [7, 11) is 0. The Balaban J connectivity index is 1.73. The Labute approximate surface area is 146 Å². The van der Waals surface area contributed by atoms with E-state index in [0.717, 1.165) is 51.0 Å². The van der Waals surface area contributed by atoms with Crippen LogP contribution < -0.4 is 0 Å². The number of piperidine rings is 1. The summed E-state index contributed by atoms with van der Waals surface area (Å²) >= 11 is 0. The summed E-state index contributed by atoms with van der Waals surface area (Å²) in [4.78, 5) is 2.52. The van der Waals surface area contributed by atoms with Gasteiger partial charge >= 0.3 is 0 Å². The number of rotatable bonds is 8. The van der Waals surface area contributed by atoms with E-state index in [4.69, 9.17) is 5.11 Å². The monoisotopic (exact) mass is 332 g/mol. The second-order valence-electron chi connectivity index (χ2n) is 7.07. The zero-order valence-corrected chi connectivity index (χ0v) is 15.4. The van der Waals surface area contributed by atoms with Crippen LogP contribution in [0.15, 0.2) is 29.5 Å². The minimum Gasteiger partial charge on any atom is -0.396 e. The standard InChI is InChI=1S/C19H32N4O/c1-16(2)5-4-6-17(3)7-11-22-12-8-19(9-13-22)23-15-18(10-14-24)20-21-23/h5,7,15,19,24H,4,6,8-14H2,1-3H3. The van der Waals surface area contributed by atoms with Gasteiger partial charge in [-0.2, -0.15) is 0 Å². The molecule has 1 fully saturated rings. The van der Waals surface area contributed by atoms with Gasteiger partial charge in [0.05, 0.1) is 11.7 Å². The topological polar surface area (TPSA) is 54.2 Å². The molecule has 2 rings (SSSR count). The molecular weight excluding hydrogens is 300 g/mol. The van der Waals surface area contributed by atoms with Gasteiger partial charge in [0.2, 0.25) is 0 Å². The van der Waals surface area contributed by atoms with Gasteiger partial charge in [0, 0.05) is 38.9 Å². The smallest absolute Gasteiger partial charge is 0.0850 e. The molecule has 0 spiro atoms. The molecule has 134 valence electrons. The molecule has 1 N–H and O–H groups in total. The van der Waals surface area contributed by atoms with Crippen molar-refractivity contribution >= 4 is 0 Å². The predicted molar refractivity (Wildman–Crippen MR) is 97.9 cm³/mol. The molecule has 0 saturated carbocycles. The molecule has 2 heterocycles. The minimum absolute atomic E-state index is 0.135. The number of nitrogens with zero attached hydrogens (tertiary/aromatic N) is 4. The van der Waals surface area contributed by atoms with Gasteiger partial charge in [0.25, 0.3) is 0 Å². The lowest BCUT2D eigenvalue weighted by molar-refractivity contribution is 0.193. The van der Waals surface area contributed by atoms with Gasteiger partial charge in [-0.05, 0) is 46.5 Å². The van der Waals surface area contributed by atoms with Crippen LogP contribution >= 0.6 is 0 Å². The summed E-state index contributed by atoms with van der Waals surface area (Å²) in [5.74, 6) is 0. The van der Waals surface area contributed by atoms with Gasteiger partial charge in [-0.15, -0.1) is 5.10 Å². The van der Waals surface area contributed by atoms with Crippen LogP contribution in [0.2, 0.25) is 0 Å². The Morgan fingerprint density at radius 2 is 2.00 bits per heavy atom. The van der Waals surface area contributed by atoms with Crippen molar-refractivity contribution in [2.75, 3.05) is 26.2 Å². The van der Waals surface area contributed by atoms with Crippen molar-refractivity contribution in [2.24, 2.45) is 0 Å². The van der Waals surface area contributed by atoms with Crippen LogP contribution in [0.1, 0.15) is 58.2 Å². The Morgan fingerprint density at radius 3 is 2.67 bits per heavy atom. The second kappa shape index (κ2) is 9.74. The summed E-state index contributed by atoms with van der Waals surface area (Å²) in [6.45, 7) is 9.96. The fourth-order valence-corrected chi connectivity index (χ4v) is 3.06. The summed E-state index contributed by atoms with van der Waals surface area (Å²) in [5.41, 5.74) is 3.77. The number of hydrogen-bond acceptors (Lipinski definition) is 4. The quantitative estimate of drug-likeness (QED) is 0.743. The van der Waals surface area contributed by atoms with E-state index in [-0.39, 0.29) is 6.61 Å². The van der Waals surface area contributed by atoms with Crippen LogP contribution in [0.3, 0.4) is 0 Å². The highest BCUT2D eigenvalue weighted by Gasteiger charge is 2.20. The van der Waals surface area contributed by atoms with Gasteiger partial charge in [0.15, 0.2) is 0 Å². The molecule has 1 saturated heterocycles. The molecule has 0 bridgehead atoms. The summed E-state index contributed by atoms with van der Waals surface area (Å²) in [6, 6.07) is 0.448.